The molecule has 0 radical (unpaired) electrons. The van der Waals surface area contributed by atoms with Crippen LogP contribution in [0.15, 0.2) is 35.3 Å². The van der Waals surface area contributed by atoms with Crippen molar-refractivity contribution in [3.8, 4) is 0 Å². The molecule has 0 saturated carbocycles. The minimum Gasteiger partial charge on any atom is -0.397 e. The van der Waals surface area contributed by atoms with Gasteiger partial charge in [0.1, 0.15) is 0 Å². The van der Waals surface area contributed by atoms with E-state index in [1.807, 2.05) is 6.92 Å². The molecule has 0 aliphatic carbocycles. The van der Waals surface area contributed by atoms with E-state index >= 15 is 0 Å². The fourth-order valence-corrected chi connectivity index (χ4v) is 2.63. The van der Waals surface area contributed by atoms with Crippen LogP contribution in [0.2, 0.25) is 15.1 Å². The van der Waals surface area contributed by atoms with Gasteiger partial charge in [-0.15, -0.1) is 0 Å². The topological polar surface area (TPSA) is 67.5 Å². The van der Waals surface area contributed by atoms with E-state index in [-0.39, 0.29) is 5.92 Å². The summed E-state index contributed by atoms with van der Waals surface area (Å²) in [7, 11) is 0. The molecule has 0 spiro atoms. The number of anilines is 2. The number of benzene rings is 2. The standard InChI is InChI=1S/C16H14Cl3N3O/c1-9(11-4-10(17)2-3-12(11)18)7-21-16-6-14(20)13(19)5-15(16)22-8-23/h2-9H,20H2,1H3,(H,22,23)/t9-/m1/s1. The summed E-state index contributed by atoms with van der Waals surface area (Å²) in [6.45, 7) is 1.94. The highest BCUT2D eigenvalue weighted by atomic mass is 35.5. The summed E-state index contributed by atoms with van der Waals surface area (Å²) >= 11 is 18.1. The fraction of sp³-hybridized carbons (Fsp3) is 0.125. The number of amides is 1. The van der Waals surface area contributed by atoms with Crippen LogP contribution in [0.3, 0.4) is 0 Å². The lowest BCUT2D eigenvalue weighted by Crippen LogP contribution is -1.98. The third-order valence-electron chi connectivity index (χ3n) is 3.22. The molecule has 2 aromatic carbocycles. The summed E-state index contributed by atoms with van der Waals surface area (Å²) in [6.07, 6.45) is 2.26. The van der Waals surface area contributed by atoms with Gasteiger partial charge in [0.2, 0.25) is 6.41 Å². The minimum atomic E-state index is -0.0813. The Morgan fingerprint density at radius 2 is 1.91 bits per heavy atom. The van der Waals surface area contributed by atoms with Gasteiger partial charge in [0.05, 0.1) is 22.1 Å². The molecule has 0 bridgehead atoms. The summed E-state index contributed by atoms with van der Waals surface area (Å²) in [5.74, 6) is -0.0813. The Morgan fingerprint density at radius 3 is 2.61 bits per heavy atom. The van der Waals surface area contributed by atoms with Gasteiger partial charge in [-0.05, 0) is 35.9 Å². The van der Waals surface area contributed by atoms with E-state index in [4.69, 9.17) is 40.5 Å². The molecular weight excluding hydrogens is 357 g/mol. The average molecular weight is 371 g/mol. The van der Waals surface area contributed by atoms with Crippen LogP contribution in [-0.4, -0.2) is 12.6 Å². The summed E-state index contributed by atoms with van der Waals surface area (Å²) in [4.78, 5) is 15.1. The van der Waals surface area contributed by atoms with Gasteiger partial charge >= 0.3 is 0 Å². The summed E-state index contributed by atoms with van der Waals surface area (Å²) < 4.78 is 0. The largest absolute Gasteiger partial charge is 0.397 e. The van der Waals surface area contributed by atoms with Crippen LogP contribution in [0.5, 0.6) is 0 Å². The zero-order valence-electron chi connectivity index (χ0n) is 12.2. The second kappa shape index (κ2) is 7.68. The van der Waals surface area contributed by atoms with Crippen LogP contribution in [-0.2, 0) is 4.79 Å². The molecule has 0 aromatic heterocycles. The number of nitrogen functional groups attached to an aromatic ring is 1. The normalized spacial score (nSPS) is 12.3. The Hall–Kier alpha value is -1.75. The number of hydrogen-bond donors (Lipinski definition) is 2. The molecular formula is C16H14Cl3N3O. The van der Waals surface area contributed by atoms with Crippen molar-refractivity contribution in [2.45, 2.75) is 12.8 Å². The van der Waals surface area contributed by atoms with Crippen molar-refractivity contribution in [2.24, 2.45) is 4.99 Å². The zero-order valence-corrected chi connectivity index (χ0v) is 14.5. The summed E-state index contributed by atoms with van der Waals surface area (Å²) in [5, 5.41) is 4.10. The van der Waals surface area contributed by atoms with E-state index in [1.165, 1.54) is 0 Å². The highest BCUT2D eigenvalue weighted by Crippen LogP contribution is 2.34. The molecule has 3 N–H and O–H groups in total. The first-order valence-corrected chi connectivity index (χ1v) is 7.84. The average Bonchev–Trinajstić information content (AvgIpc) is 2.51. The highest BCUT2D eigenvalue weighted by Gasteiger charge is 2.10. The second-order valence-corrected chi connectivity index (χ2v) is 6.14. The summed E-state index contributed by atoms with van der Waals surface area (Å²) in [5.41, 5.74) is 8.00. The van der Waals surface area contributed by atoms with Crippen molar-refractivity contribution in [1.29, 1.82) is 0 Å². The van der Waals surface area contributed by atoms with Crippen LogP contribution in [0.25, 0.3) is 0 Å². The lowest BCUT2D eigenvalue weighted by Gasteiger charge is -2.11. The van der Waals surface area contributed by atoms with Gasteiger partial charge in [0.25, 0.3) is 0 Å². The van der Waals surface area contributed by atoms with Crippen LogP contribution in [0.4, 0.5) is 17.1 Å². The van der Waals surface area contributed by atoms with Crippen LogP contribution < -0.4 is 11.1 Å². The van der Waals surface area contributed by atoms with Crippen LogP contribution in [0.1, 0.15) is 18.4 Å². The Balaban J connectivity index is 2.33. The van der Waals surface area contributed by atoms with Crippen molar-refractivity contribution >= 4 is 64.5 Å². The molecule has 2 rings (SSSR count). The van der Waals surface area contributed by atoms with Gasteiger partial charge in [-0.2, -0.15) is 0 Å². The van der Waals surface area contributed by atoms with E-state index in [1.54, 1.807) is 36.5 Å². The number of aliphatic imine (C=N–C) groups is 1. The lowest BCUT2D eigenvalue weighted by atomic mass is 10.0. The van der Waals surface area contributed by atoms with E-state index in [2.05, 4.69) is 10.3 Å². The van der Waals surface area contributed by atoms with Gasteiger partial charge in [-0.25, -0.2) is 0 Å². The molecule has 0 aliphatic rings. The quantitative estimate of drug-likeness (QED) is 0.426. The molecule has 0 saturated heterocycles. The Labute approximate surface area is 149 Å². The third kappa shape index (κ3) is 4.38. The van der Waals surface area contributed by atoms with Gasteiger partial charge < -0.3 is 11.1 Å². The molecule has 1 atom stereocenters. The zero-order chi connectivity index (χ0) is 17.0. The first-order valence-electron chi connectivity index (χ1n) is 6.70. The number of halogens is 3. The summed E-state index contributed by atoms with van der Waals surface area (Å²) in [6, 6.07) is 8.40. The first kappa shape index (κ1) is 17.6. The third-order valence-corrected chi connectivity index (χ3v) is 4.12. The predicted molar refractivity (Wildman–Crippen MR) is 98.6 cm³/mol. The number of nitrogens with two attached hydrogens (primary N) is 1. The number of rotatable bonds is 5. The molecule has 0 heterocycles. The van der Waals surface area contributed by atoms with Gasteiger partial charge in [0.15, 0.2) is 0 Å². The number of nitrogens with one attached hydrogen (secondary N) is 1. The molecule has 7 heteroatoms. The van der Waals surface area contributed by atoms with Gasteiger partial charge in [0, 0.05) is 22.2 Å². The van der Waals surface area contributed by atoms with E-state index < -0.39 is 0 Å². The van der Waals surface area contributed by atoms with Gasteiger partial charge in [-0.3, -0.25) is 9.79 Å². The van der Waals surface area contributed by atoms with Gasteiger partial charge in [-0.1, -0.05) is 41.7 Å². The Kier molecular flexibility index (Phi) is 5.88. The number of carbonyl (C=O) groups is 1. The van der Waals surface area contributed by atoms with Crippen LogP contribution >= 0.6 is 34.8 Å². The maximum Gasteiger partial charge on any atom is 0.211 e. The minimum absolute atomic E-state index is 0.0813. The van der Waals surface area contributed by atoms with Crippen molar-refractivity contribution in [2.75, 3.05) is 11.1 Å². The van der Waals surface area contributed by atoms with Crippen LogP contribution in [0, 0.1) is 0 Å². The molecule has 23 heavy (non-hydrogen) atoms. The molecule has 2 aromatic rings. The van der Waals surface area contributed by atoms with Crippen molar-refractivity contribution in [3.05, 3.63) is 51.0 Å². The molecule has 120 valence electrons. The second-order valence-electron chi connectivity index (χ2n) is 4.89. The SMILES string of the molecule is C[C@H](C=Nc1cc(N)c(Cl)cc1NC=O)c1cc(Cl)ccc1Cl. The molecule has 4 nitrogen and oxygen atoms in total. The van der Waals surface area contributed by atoms with Crippen molar-refractivity contribution < 1.29 is 4.79 Å². The Bertz CT molecular complexity index is 762. The van der Waals surface area contributed by atoms with Crippen molar-refractivity contribution in [1.82, 2.24) is 0 Å². The van der Waals surface area contributed by atoms with E-state index in [9.17, 15) is 4.79 Å². The van der Waals surface area contributed by atoms with E-state index in [0.717, 1.165) is 5.56 Å². The Morgan fingerprint density at radius 1 is 1.17 bits per heavy atom. The monoisotopic (exact) mass is 369 g/mol. The predicted octanol–water partition coefficient (Wildman–Crippen LogP) is 5.30. The first-order chi connectivity index (χ1) is 10.9. The maximum atomic E-state index is 10.7. The maximum absolute atomic E-state index is 10.7. The smallest absolute Gasteiger partial charge is 0.211 e. The number of nitrogens with zero attached hydrogens (tertiary/aromatic N) is 1. The lowest BCUT2D eigenvalue weighted by molar-refractivity contribution is -0.105. The highest BCUT2D eigenvalue weighted by molar-refractivity contribution is 6.34. The molecule has 0 unspecified atom stereocenters. The number of hydrogen-bond acceptors (Lipinski definition) is 3. The molecule has 0 fully saturated rings. The molecule has 0 aliphatic heterocycles. The number of carbonyl (C=O) groups excluding carboxylic acids is 1. The fourth-order valence-electron chi connectivity index (χ4n) is 2.00. The van der Waals surface area contributed by atoms with Crippen molar-refractivity contribution in [3.63, 3.8) is 0 Å². The molecule has 1 amide bonds. The van der Waals surface area contributed by atoms with E-state index in [0.29, 0.717) is 38.5 Å².